The summed E-state index contributed by atoms with van der Waals surface area (Å²) in [6.07, 6.45) is 11.0. The number of carbonyl (C=O) groups excluding carboxylic acids is 1. The van der Waals surface area contributed by atoms with Crippen molar-refractivity contribution in [3.63, 3.8) is 0 Å². The van der Waals surface area contributed by atoms with Gasteiger partial charge in [-0.3, -0.25) is 4.79 Å². The van der Waals surface area contributed by atoms with E-state index < -0.39 is 6.93 Å². The van der Waals surface area contributed by atoms with E-state index in [1.165, 1.54) is 50.5 Å². The van der Waals surface area contributed by atoms with Gasteiger partial charge in [-0.25, -0.2) is 8.78 Å². The van der Waals surface area contributed by atoms with Crippen LogP contribution in [-0.4, -0.2) is 25.4 Å². The number of halogens is 2. The van der Waals surface area contributed by atoms with Crippen LogP contribution < -0.4 is 5.73 Å². The van der Waals surface area contributed by atoms with Crippen LogP contribution in [0.15, 0.2) is 24.3 Å². The Bertz CT molecular complexity index is 541. The smallest absolute Gasteiger partial charge is 0.229 e. The van der Waals surface area contributed by atoms with Crippen LogP contribution in [-0.2, 0) is 0 Å². The molecule has 30 heavy (non-hydrogen) atoms. The molecule has 2 atom stereocenters. The maximum absolute atomic E-state index is 11.0. The van der Waals surface area contributed by atoms with E-state index in [2.05, 4.69) is 30.0 Å². The van der Waals surface area contributed by atoms with Crippen molar-refractivity contribution in [2.24, 2.45) is 23.5 Å². The molecule has 2 N–H and O–H groups in total. The second-order valence-corrected chi connectivity index (χ2v) is 9.27. The summed E-state index contributed by atoms with van der Waals surface area (Å²) in [5, 5.41) is 0. The Morgan fingerprint density at radius 1 is 1.03 bits per heavy atom. The largest absolute Gasteiger partial charge is 0.330 e. The second kappa shape index (κ2) is 17.8. The number of Topliss-reactive ketones (excluding diaryl/α,β-unsaturated/α-hetero) is 1. The third kappa shape index (κ3) is 15.0. The predicted octanol–water partition coefficient (Wildman–Crippen LogP) is 7.33. The molecule has 0 spiro atoms. The van der Waals surface area contributed by atoms with Gasteiger partial charge in [0.25, 0.3) is 0 Å². The molecule has 2 unspecified atom stereocenters. The number of hydrogen-bond acceptors (Lipinski definition) is 2. The molecule has 2 aliphatic carbocycles. The van der Waals surface area contributed by atoms with Gasteiger partial charge in [0, 0.05) is 5.56 Å². The highest BCUT2D eigenvalue weighted by Crippen LogP contribution is 2.29. The average Bonchev–Trinajstić information content (AvgIpc) is 3.53. The fourth-order valence-corrected chi connectivity index (χ4v) is 3.47. The molecule has 1 aromatic rings. The Morgan fingerprint density at radius 3 is 1.80 bits per heavy atom. The van der Waals surface area contributed by atoms with Crippen molar-refractivity contribution in [3.05, 3.63) is 35.4 Å². The molecular weight excluding hydrogens is 399 g/mol. The minimum absolute atomic E-state index is 0.130. The van der Waals surface area contributed by atoms with E-state index >= 15 is 0 Å². The second-order valence-electron chi connectivity index (χ2n) is 8.80. The Kier molecular flexibility index (Phi) is 17.3. The van der Waals surface area contributed by atoms with Crippen molar-refractivity contribution in [1.82, 2.24) is 0 Å². The van der Waals surface area contributed by atoms with Gasteiger partial charge in [0.1, 0.15) is 0 Å². The molecular formula is C25H44F2NOP. The lowest BCUT2D eigenvalue weighted by Gasteiger charge is -2.25. The molecule has 174 valence electrons. The summed E-state index contributed by atoms with van der Waals surface area (Å²) < 4.78 is 19.2. The highest BCUT2D eigenvalue weighted by atomic mass is 31.0. The topological polar surface area (TPSA) is 43.1 Å². The fraction of sp³-hybridized carbons (Fsp3) is 0.720. The van der Waals surface area contributed by atoms with Gasteiger partial charge in [0.2, 0.25) is 6.93 Å². The fourth-order valence-electron chi connectivity index (χ4n) is 3.20. The van der Waals surface area contributed by atoms with Crippen LogP contribution >= 0.6 is 9.24 Å². The van der Waals surface area contributed by atoms with E-state index in [1.54, 1.807) is 6.92 Å². The molecule has 1 aromatic carbocycles. The van der Waals surface area contributed by atoms with Crippen molar-refractivity contribution >= 4 is 15.0 Å². The van der Waals surface area contributed by atoms with Gasteiger partial charge in [-0.1, -0.05) is 83.6 Å². The third-order valence-electron chi connectivity index (χ3n) is 5.82. The van der Waals surface area contributed by atoms with Gasteiger partial charge in [-0.05, 0) is 55.3 Å². The van der Waals surface area contributed by atoms with Crippen LogP contribution in [0.5, 0.6) is 0 Å². The van der Waals surface area contributed by atoms with E-state index in [4.69, 9.17) is 5.73 Å². The summed E-state index contributed by atoms with van der Waals surface area (Å²) in [7, 11) is 2.73. The van der Waals surface area contributed by atoms with E-state index in [9.17, 15) is 13.6 Å². The van der Waals surface area contributed by atoms with Gasteiger partial charge in [0.15, 0.2) is 5.78 Å². The van der Waals surface area contributed by atoms with Crippen LogP contribution in [0.1, 0.15) is 94.5 Å². The summed E-state index contributed by atoms with van der Waals surface area (Å²) in [6.45, 7) is 7.54. The van der Waals surface area contributed by atoms with Crippen LogP contribution in [0.25, 0.3) is 0 Å². The van der Waals surface area contributed by atoms with E-state index in [0.29, 0.717) is 5.92 Å². The number of rotatable bonds is 5. The SMILES string of the molecule is CC(=O)c1ccc(C(C)CP)cc1.CC1CC1.CC1CCC(CCN)CC1.FCF. The number of hydrogen-bond donors (Lipinski definition) is 1. The highest BCUT2D eigenvalue weighted by molar-refractivity contribution is 7.16. The molecule has 0 amide bonds. The van der Waals surface area contributed by atoms with Gasteiger partial charge in [-0.15, -0.1) is 9.24 Å². The van der Waals surface area contributed by atoms with Crippen molar-refractivity contribution in [2.45, 2.75) is 78.6 Å². The molecule has 0 heterocycles. The third-order valence-corrected chi connectivity index (χ3v) is 6.52. The molecule has 0 radical (unpaired) electrons. The zero-order valence-electron chi connectivity index (χ0n) is 19.5. The number of alkyl halides is 2. The molecule has 0 bridgehead atoms. The first-order valence-electron chi connectivity index (χ1n) is 11.4. The molecule has 2 nitrogen and oxygen atoms in total. The van der Waals surface area contributed by atoms with Crippen molar-refractivity contribution in [1.29, 1.82) is 0 Å². The Morgan fingerprint density at radius 2 is 1.47 bits per heavy atom. The lowest BCUT2D eigenvalue weighted by molar-refractivity contribution is 0.101. The summed E-state index contributed by atoms with van der Waals surface area (Å²) in [5.74, 6) is 3.70. The molecule has 2 fully saturated rings. The molecule has 5 heteroatoms. The highest BCUT2D eigenvalue weighted by Gasteiger charge is 2.16. The summed E-state index contributed by atoms with van der Waals surface area (Å²) in [5.41, 5.74) is 7.58. The van der Waals surface area contributed by atoms with Gasteiger partial charge < -0.3 is 5.73 Å². The van der Waals surface area contributed by atoms with Crippen molar-refractivity contribution in [2.75, 3.05) is 19.6 Å². The number of nitrogens with two attached hydrogens (primary N) is 1. The standard InChI is InChI=1S/C11H15OP.C9H19N.C4H8.CH2F2/c1-8(7-13)10-3-5-11(6-4-10)9(2)12;1-8-2-4-9(5-3-8)6-7-10;1-4-2-3-4;2-1-3/h3-6,8H,7,13H2,1-2H3;8-9H,2-7,10H2,1H3;4H,2-3H2,1H3;1H2. The number of ketones is 1. The summed E-state index contributed by atoms with van der Waals surface area (Å²) in [4.78, 5) is 11.0. The minimum atomic E-state index is -1.75. The monoisotopic (exact) mass is 443 g/mol. The Labute approximate surface area is 186 Å². The Hall–Kier alpha value is -0.860. The van der Waals surface area contributed by atoms with Gasteiger partial charge in [0.05, 0.1) is 0 Å². The van der Waals surface area contributed by atoms with Crippen LogP contribution in [0.4, 0.5) is 8.78 Å². The first kappa shape index (κ1) is 29.1. The van der Waals surface area contributed by atoms with Crippen LogP contribution in [0.2, 0.25) is 0 Å². The molecule has 3 rings (SSSR count). The van der Waals surface area contributed by atoms with Gasteiger partial charge in [-0.2, -0.15) is 0 Å². The van der Waals surface area contributed by atoms with Crippen molar-refractivity contribution < 1.29 is 13.6 Å². The van der Waals surface area contributed by atoms with Crippen LogP contribution in [0.3, 0.4) is 0 Å². The molecule has 2 aliphatic rings. The lowest BCUT2D eigenvalue weighted by Crippen LogP contribution is -2.15. The summed E-state index contributed by atoms with van der Waals surface area (Å²) in [6, 6.07) is 7.86. The molecule has 0 aliphatic heterocycles. The average molecular weight is 444 g/mol. The van der Waals surface area contributed by atoms with Crippen molar-refractivity contribution in [3.8, 4) is 0 Å². The molecule has 2 saturated carbocycles. The first-order valence-corrected chi connectivity index (χ1v) is 12.2. The van der Waals surface area contributed by atoms with Gasteiger partial charge >= 0.3 is 0 Å². The maximum Gasteiger partial charge on any atom is 0.229 e. The quantitative estimate of drug-likeness (QED) is 0.382. The molecule has 0 aromatic heterocycles. The zero-order chi connectivity index (χ0) is 22.9. The summed E-state index contributed by atoms with van der Waals surface area (Å²) >= 11 is 0. The van der Waals surface area contributed by atoms with Crippen LogP contribution in [0, 0.1) is 17.8 Å². The molecule has 0 saturated heterocycles. The Balaban J connectivity index is 0.000000433. The van der Waals surface area contributed by atoms with E-state index in [0.717, 1.165) is 36.0 Å². The zero-order valence-corrected chi connectivity index (χ0v) is 20.7. The van der Waals surface area contributed by atoms with E-state index in [1.807, 2.05) is 24.3 Å². The normalized spacial score (nSPS) is 20.9. The predicted molar refractivity (Wildman–Crippen MR) is 130 cm³/mol. The van der Waals surface area contributed by atoms with E-state index in [-0.39, 0.29) is 5.78 Å². The minimum Gasteiger partial charge on any atom is -0.330 e. The number of benzene rings is 1. The lowest BCUT2D eigenvalue weighted by atomic mass is 9.81. The maximum atomic E-state index is 11.0. The first-order chi connectivity index (χ1) is 14.3. The number of carbonyl (C=O) groups is 1.